The van der Waals surface area contributed by atoms with Crippen molar-refractivity contribution in [3.63, 3.8) is 0 Å². The quantitative estimate of drug-likeness (QED) is 0.873. The van der Waals surface area contributed by atoms with Crippen LogP contribution in [0.5, 0.6) is 11.5 Å². The zero-order chi connectivity index (χ0) is 15.4. The Bertz CT molecular complexity index is 559. The first-order chi connectivity index (χ1) is 10.8. The van der Waals surface area contributed by atoms with Gasteiger partial charge < -0.3 is 20.1 Å². The van der Waals surface area contributed by atoms with Gasteiger partial charge in [-0.2, -0.15) is 0 Å². The predicted molar refractivity (Wildman–Crippen MR) is 82.7 cm³/mol. The van der Waals surface area contributed by atoms with Gasteiger partial charge in [-0.25, -0.2) is 0 Å². The van der Waals surface area contributed by atoms with Crippen molar-refractivity contribution in [2.24, 2.45) is 0 Å². The van der Waals surface area contributed by atoms with Crippen molar-refractivity contribution < 1.29 is 9.47 Å². The number of pyridine rings is 2. The highest BCUT2D eigenvalue weighted by atomic mass is 16.5. The molecule has 116 valence electrons. The molecule has 0 atom stereocenters. The molecule has 0 aromatic carbocycles. The number of nitrogens with zero attached hydrogens (tertiary/aromatic N) is 2. The summed E-state index contributed by atoms with van der Waals surface area (Å²) in [6.07, 6.45) is 0. The maximum atomic E-state index is 5.34. The second kappa shape index (κ2) is 6.72. The molecule has 6 heteroatoms. The molecule has 0 fully saturated rings. The number of ether oxygens (including phenoxy) is 2. The molecule has 0 unspecified atom stereocenters. The number of fused-ring (bicyclic) bond motifs is 4. The lowest BCUT2D eigenvalue weighted by Crippen LogP contribution is -2.20. The minimum atomic E-state index is 0.665. The molecule has 2 aromatic rings. The van der Waals surface area contributed by atoms with Gasteiger partial charge in [0.25, 0.3) is 0 Å². The van der Waals surface area contributed by atoms with Crippen LogP contribution in [0.15, 0.2) is 24.3 Å². The van der Waals surface area contributed by atoms with E-state index in [1.54, 1.807) is 14.2 Å². The maximum absolute atomic E-state index is 5.34. The van der Waals surface area contributed by atoms with Gasteiger partial charge in [0.05, 0.1) is 37.0 Å². The van der Waals surface area contributed by atoms with Gasteiger partial charge in [0.2, 0.25) is 0 Å². The lowest BCUT2D eigenvalue weighted by Gasteiger charge is -2.13. The average Bonchev–Trinajstić information content (AvgIpc) is 2.53. The summed E-state index contributed by atoms with van der Waals surface area (Å²) in [5, 5.41) is 6.73. The van der Waals surface area contributed by atoms with E-state index in [1.807, 2.05) is 24.3 Å². The van der Waals surface area contributed by atoms with Crippen molar-refractivity contribution in [3.05, 3.63) is 47.0 Å². The zero-order valence-corrected chi connectivity index (χ0v) is 12.8. The largest absolute Gasteiger partial charge is 0.497 e. The van der Waals surface area contributed by atoms with Gasteiger partial charge in [-0.05, 0) is 0 Å². The van der Waals surface area contributed by atoms with Crippen LogP contribution in [0.4, 0.5) is 0 Å². The summed E-state index contributed by atoms with van der Waals surface area (Å²) < 4.78 is 10.7. The number of hydrogen-bond acceptors (Lipinski definition) is 6. The minimum Gasteiger partial charge on any atom is -0.497 e. The summed E-state index contributed by atoms with van der Waals surface area (Å²) in [6.45, 7) is 2.66. The third-order valence-corrected chi connectivity index (χ3v) is 3.51. The number of aromatic nitrogens is 2. The van der Waals surface area contributed by atoms with E-state index in [9.17, 15) is 0 Å². The smallest absolute Gasteiger partial charge is 0.122 e. The van der Waals surface area contributed by atoms with E-state index in [2.05, 4.69) is 20.6 Å². The standard InChI is InChI=1S/C16H20N4O2/c1-21-15-3-11-7-17-9-13-5-16(22-2)6-14(20-13)10-18-8-12(4-15)19-11/h3-6,17-18H,7-10H2,1-2H3. The minimum absolute atomic E-state index is 0.665. The Morgan fingerprint density at radius 1 is 0.682 bits per heavy atom. The van der Waals surface area contributed by atoms with Crippen LogP contribution in [0.3, 0.4) is 0 Å². The Hall–Kier alpha value is -2.18. The van der Waals surface area contributed by atoms with Crippen LogP contribution in [0, 0.1) is 0 Å². The molecule has 6 nitrogen and oxygen atoms in total. The first kappa shape index (κ1) is 14.7. The summed E-state index contributed by atoms with van der Waals surface area (Å²) in [5.74, 6) is 1.66. The van der Waals surface area contributed by atoms with E-state index in [1.165, 1.54) is 0 Å². The van der Waals surface area contributed by atoms with E-state index in [0.717, 1.165) is 34.3 Å². The molecule has 0 aliphatic carbocycles. The van der Waals surface area contributed by atoms with Crippen molar-refractivity contribution in [2.75, 3.05) is 14.2 Å². The van der Waals surface area contributed by atoms with Crippen molar-refractivity contribution in [2.45, 2.75) is 26.2 Å². The van der Waals surface area contributed by atoms with Crippen LogP contribution in [0.1, 0.15) is 22.8 Å². The van der Waals surface area contributed by atoms with Gasteiger partial charge in [-0.3, -0.25) is 9.97 Å². The Balaban J connectivity index is 1.86. The van der Waals surface area contributed by atoms with E-state index >= 15 is 0 Å². The average molecular weight is 300 g/mol. The Morgan fingerprint density at radius 2 is 1.00 bits per heavy atom. The lowest BCUT2D eigenvalue weighted by atomic mass is 10.2. The summed E-state index contributed by atoms with van der Waals surface area (Å²) in [6, 6.07) is 7.80. The zero-order valence-electron chi connectivity index (χ0n) is 12.8. The van der Waals surface area contributed by atoms with Crippen LogP contribution < -0.4 is 20.1 Å². The molecule has 3 rings (SSSR count). The fourth-order valence-corrected chi connectivity index (χ4v) is 2.47. The molecule has 4 bridgehead atoms. The van der Waals surface area contributed by atoms with Crippen LogP contribution in [0.25, 0.3) is 0 Å². The van der Waals surface area contributed by atoms with E-state index in [-0.39, 0.29) is 0 Å². The maximum Gasteiger partial charge on any atom is 0.122 e. The SMILES string of the molecule is COc1cc2nc(c1)CNCc1cc(OC)cc(n1)CNC2. The molecule has 3 heterocycles. The fourth-order valence-electron chi connectivity index (χ4n) is 2.47. The molecule has 0 radical (unpaired) electrons. The van der Waals surface area contributed by atoms with Crippen molar-refractivity contribution in [1.29, 1.82) is 0 Å². The third-order valence-electron chi connectivity index (χ3n) is 3.51. The molecule has 0 saturated carbocycles. The first-order valence-electron chi connectivity index (χ1n) is 7.26. The molecule has 1 aliphatic rings. The Morgan fingerprint density at radius 3 is 1.27 bits per heavy atom. The molecule has 0 amide bonds. The first-order valence-corrected chi connectivity index (χ1v) is 7.26. The van der Waals surface area contributed by atoms with Gasteiger partial charge in [0, 0.05) is 50.4 Å². The second-order valence-electron chi connectivity index (χ2n) is 5.19. The molecular formula is C16H20N4O2. The predicted octanol–water partition coefficient (Wildman–Crippen LogP) is 1.39. The van der Waals surface area contributed by atoms with Crippen LogP contribution >= 0.6 is 0 Å². The van der Waals surface area contributed by atoms with Crippen molar-refractivity contribution in [3.8, 4) is 11.5 Å². The topological polar surface area (TPSA) is 68.3 Å². The molecule has 2 aromatic heterocycles. The molecule has 0 spiro atoms. The summed E-state index contributed by atoms with van der Waals surface area (Å²) in [5.41, 5.74) is 3.83. The Kier molecular flexibility index (Phi) is 4.50. The molecule has 2 N–H and O–H groups in total. The van der Waals surface area contributed by atoms with Gasteiger partial charge in [-0.15, -0.1) is 0 Å². The fraction of sp³-hybridized carbons (Fsp3) is 0.375. The van der Waals surface area contributed by atoms with E-state index in [0.29, 0.717) is 26.2 Å². The molecule has 1 aliphatic heterocycles. The van der Waals surface area contributed by atoms with Crippen LogP contribution in [0.2, 0.25) is 0 Å². The van der Waals surface area contributed by atoms with Gasteiger partial charge in [-0.1, -0.05) is 0 Å². The van der Waals surface area contributed by atoms with Gasteiger partial charge in [0.1, 0.15) is 11.5 Å². The van der Waals surface area contributed by atoms with Crippen molar-refractivity contribution >= 4 is 0 Å². The number of nitrogens with one attached hydrogen (secondary N) is 2. The molecule has 0 saturated heterocycles. The lowest BCUT2D eigenvalue weighted by molar-refractivity contribution is 0.410. The summed E-state index contributed by atoms with van der Waals surface area (Å²) >= 11 is 0. The van der Waals surface area contributed by atoms with Gasteiger partial charge in [0.15, 0.2) is 0 Å². The monoisotopic (exact) mass is 300 g/mol. The van der Waals surface area contributed by atoms with Crippen LogP contribution in [-0.2, 0) is 26.2 Å². The summed E-state index contributed by atoms with van der Waals surface area (Å²) in [4.78, 5) is 9.27. The highest BCUT2D eigenvalue weighted by molar-refractivity contribution is 5.29. The van der Waals surface area contributed by atoms with Gasteiger partial charge >= 0.3 is 0 Å². The Labute approximate surface area is 129 Å². The second-order valence-corrected chi connectivity index (χ2v) is 5.19. The summed E-state index contributed by atoms with van der Waals surface area (Å²) in [7, 11) is 3.35. The molecular weight excluding hydrogens is 280 g/mol. The van der Waals surface area contributed by atoms with E-state index in [4.69, 9.17) is 9.47 Å². The third kappa shape index (κ3) is 3.52. The van der Waals surface area contributed by atoms with Crippen LogP contribution in [-0.4, -0.2) is 24.2 Å². The normalized spacial score (nSPS) is 14.6. The van der Waals surface area contributed by atoms with E-state index < -0.39 is 0 Å². The number of hydrogen-bond donors (Lipinski definition) is 2. The molecule has 22 heavy (non-hydrogen) atoms. The number of methoxy groups -OCH3 is 2. The highest BCUT2D eigenvalue weighted by Gasteiger charge is 2.08. The highest BCUT2D eigenvalue weighted by Crippen LogP contribution is 2.17. The number of rotatable bonds is 2. The van der Waals surface area contributed by atoms with Crippen molar-refractivity contribution in [1.82, 2.24) is 20.6 Å².